The molecule has 0 bridgehead atoms. The molecule has 0 spiro atoms. The summed E-state index contributed by atoms with van der Waals surface area (Å²) in [6.45, 7) is 2.59. The van der Waals surface area contributed by atoms with Crippen LogP contribution in [0.15, 0.2) is 41.9 Å². The number of aromatic nitrogens is 2. The largest absolute Gasteiger partial charge is 0.490 e. The first-order valence-electron chi connectivity index (χ1n) is 9.96. The lowest BCUT2D eigenvalue weighted by atomic mass is 9.90. The molecule has 1 aliphatic carbocycles. The maximum Gasteiger partial charge on any atom is 0.165 e. The number of thiazole rings is 1. The number of hydrogen-bond donors (Lipinski definition) is 0. The first kappa shape index (κ1) is 19.1. The van der Waals surface area contributed by atoms with Crippen LogP contribution in [0.2, 0.25) is 0 Å². The molecule has 0 aliphatic heterocycles. The first-order valence-corrected chi connectivity index (χ1v) is 10.8. The molecule has 0 unspecified atom stereocenters. The Morgan fingerprint density at radius 2 is 2.00 bits per heavy atom. The van der Waals surface area contributed by atoms with E-state index in [1.54, 1.807) is 23.5 Å². The van der Waals surface area contributed by atoms with Crippen molar-refractivity contribution < 1.29 is 9.13 Å². The quantitative estimate of drug-likeness (QED) is 0.497. The second kappa shape index (κ2) is 8.82. The van der Waals surface area contributed by atoms with Crippen molar-refractivity contribution in [2.45, 2.75) is 45.4 Å². The maximum absolute atomic E-state index is 14.5. The van der Waals surface area contributed by atoms with Gasteiger partial charge in [-0.3, -0.25) is 4.98 Å². The number of benzene rings is 1. The average Bonchev–Trinajstić information content (AvgIpc) is 3.17. The van der Waals surface area contributed by atoms with E-state index < -0.39 is 0 Å². The number of aryl methyl sites for hydroxylation is 1. The fourth-order valence-corrected chi connectivity index (χ4v) is 4.49. The van der Waals surface area contributed by atoms with Gasteiger partial charge in [0.15, 0.2) is 11.6 Å². The lowest BCUT2D eigenvalue weighted by molar-refractivity contribution is 0.202. The summed E-state index contributed by atoms with van der Waals surface area (Å²) >= 11 is 1.59. The van der Waals surface area contributed by atoms with E-state index in [1.165, 1.54) is 32.1 Å². The van der Waals surface area contributed by atoms with Crippen LogP contribution in [0.3, 0.4) is 0 Å². The summed E-state index contributed by atoms with van der Waals surface area (Å²) in [5.41, 5.74) is 3.82. The molecule has 146 valence electrons. The number of hydrogen-bond acceptors (Lipinski definition) is 4. The third kappa shape index (κ3) is 4.76. The predicted molar refractivity (Wildman–Crippen MR) is 111 cm³/mol. The van der Waals surface area contributed by atoms with Crippen LogP contribution in [0.1, 0.15) is 48.4 Å². The van der Waals surface area contributed by atoms with Crippen LogP contribution in [0.4, 0.5) is 4.39 Å². The smallest absolute Gasteiger partial charge is 0.165 e. The van der Waals surface area contributed by atoms with Gasteiger partial charge in [0, 0.05) is 29.3 Å². The van der Waals surface area contributed by atoms with E-state index in [9.17, 15) is 4.39 Å². The predicted octanol–water partition coefficient (Wildman–Crippen LogP) is 6.20. The SMILES string of the molecule is Cc1ccc(-c2csc(Cc3ccc(OCC4CCCCC4)c(F)c3)n2)cn1. The Hall–Kier alpha value is -2.27. The number of ether oxygens (including phenoxy) is 1. The van der Waals surface area contributed by atoms with Gasteiger partial charge in [0.05, 0.1) is 17.3 Å². The number of rotatable bonds is 6. The number of pyridine rings is 1. The van der Waals surface area contributed by atoms with Gasteiger partial charge in [0.1, 0.15) is 0 Å². The summed E-state index contributed by atoms with van der Waals surface area (Å²) in [5, 5.41) is 2.99. The van der Waals surface area contributed by atoms with Gasteiger partial charge < -0.3 is 4.74 Å². The van der Waals surface area contributed by atoms with Gasteiger partial charge >= 0.3 is 0 Å². The third-order valence-electron chi connectivity index (χ3n) is 5.31. The van der Waals surface area contributed by atoms with E-state index in [0.29, 0.717) is 24.7 Å². The van der Waals surface area contributed by atoms with Crippen molar-refractivity contribution >= 4 is 11.3 Å². The molecule has 0 radical (unpaired) electrons. The zero-order valence-corrected chi connectivity index (χ0v) is 17.0. The molecular formula is C23H25FN2OS. The van der Waals surface area contributed by atoms with Gasteiger partial charge in [-0.2, -0.15) is 0 Å². The molecule has 4 rings (SSSR count). The fourth-order valence-electron chi connectivity index (χ4n) is 3.65. The van der Waals surface area contributed by atoms with Crippen LogP contribution < -0.4 is 4.74 Å². The summed E-state index contributed by atoms with van der Waals surface area (Å²) in [6, 6.07) is 9.28. The number of nitrogens with zero attached hydrogens (tertiary/aromatic N) is 2. The van der Waals surface area contributed by atoms with E-state index in [4.69, 9.17) is 4.74 Å². The molecule has 1 fully saturated rings. The molecule has 1 saturated carbocycles. The van der Waals surface area contributed by atoms with E-state index >= 15 is 0 Å². The van der Waals surface area contributed by atoms with Crippen LogP contribution in [-0.4, -0.2) is 16.6 Å². The standard InChI is InChI=1S/C23H25FN2OS/c1-16-7-9-19(13-25-16)21-15-28-23(26-21)12-18-8-10-22(20(24)11-18)27-14-17-5-3-2-4-6-17/h7-11,13,15,17H,2-6,12,14H2,1H3. The Morgan fingerprint density at radius 1 is 1.14 bits per heavy atom. The minimum absolute atomic E-state index is 0.284. The van der Waals surface area contributed by atoms with Crippen molar-refractivity contribution in [3.63, 3.8) is 0 Å². The van der Waals surface area contributed by atoms with Crippen LogP contribution in [0, 0.1) is 18.7 Å². The van der Waals surface area contributed by atoms with Crippen LogP contribution in [0.25, 0.3) is 11.3 Å². The van der Waals surface area contributed by atoms with Gasteiger partial charge in [0.2, 0.25) is 0 Å². The highest BCUT2D eigenvalue weighted by molar-refractivity contribution is 7.10. The molecule has 0 atom stereocenters. The summed E-state index contributed by atoms with van der Waals surface area (Å²) in [6.07, 6.45) is 8.70. The highest BCUT2D eigenvalue weighted by Crippen LogP contribution is 2.27. The zero-order valence-electron chi connectivity index (χ0n) is 16.2. The van der Waals surface area contributed by atoms with Gasteiger partial charge in [0.25, 0.3) is 0 Å². The molecule has 1 aliphatic rings. The zero-order chi connectivity index (χ0) is 19.3. The molecule has 0 amide bonds. The van der Waals surface area contributed by atoms with Gasteiger partial charge in [-0.05, 0) is 55.5 Å². The Balaban J connectivity index is 1.38. The molecule has 3 aromatic rings. The second-order valence-corrected chi connectivity index (χ2v) is 8.51. The Kier molecular flexibility index (Phi) is 6.01. The Bertz CT molecular complexity index is 917. The van der Waals surface area contributed by atoms with E-state index in [1.807, 2.05) is 36.7 Å². The van der Waals surface area contributed by atoms with Gasteiger partial charge in [-0.15, -0.1) is 11.3 Å². The summed E-state index contributed by atoms with van der Waals surface area (Å²) < 4.78 is 20.2. The van der Waals surface area contributed by atoms with Crippen molar-refractivity contribution in [1.29, 1.82) is 0 Å². The normalized spacial score (nSPS) is 14.9. The first-order chi connectivity index (χ1) is 13.7. The highest BCUT2D eigenvalue weighted by Gasteiger charge is 2.15. The van der Waals surface area contributed by atoms with Crippen molar-refractivity contribution in [2.75, 3.05) is 6.61 Å². The summed E-state index contributed by atoms with van der Waals surface area (Å²) in [4.78, 5) is 9.00. The average molecular weight is 397 g/mol. The highest BCUT2D eigenvalue weighted by atomic mass is 32.1. The Morgan fingerprint density at radius 3 is 2.75 bits per heavy atom. The maximum atomic E-state index is 14.5. The summed E-state index contributed by atoms with van der Waals surface area (Å²) in [5.74, 6) is 0.644. The minimum Gasteiger partial charge on any atom is -0.490 e. The van der Waals surface area contributed by atoms with Crippen molar-refractivity contribution in [3.05, 3.63) is 64.0 Å². The topological polar surface area (TPSA) is 35.0 Å². The minimum atomic E-state index is -0.284. The lowest BCUT2D eigenvalue weighted by Gasteiger charge is -2.21. The molecule has 1 aromatic carbocycles. The lowest BCUT2D eigenvalue weighted by Crippen LogP contribution is -2.15. The molecule has 0 saturated heterocycles. The van der Waals surface area contributed by atoms with Gasteiger partial charge in [-0.25, -0.2) is 9.37 Å². The van der Waals surface area contributed by atoms with Crippen LogP contribution in [0.5, 0.6) is 5.75 Å². The molecule has 2 aromatic heterocycles. The van der Waals surface area contributed by atoms with E-state index in [0.717, 1.165) is 27.5 Å². The van der Waals surface area contributed by atoms with Crippen LogP contribution in [-0.2, 0) is 6.42 Å². The van der Waals surface area contributed by atoms with Gasteiger partial charge in [-0.1, -0.05) is 25.3 Å². The molecule has 5 heteroatoms. The molecule has 28 heavy (non-hydrogen) atoms. The Labute approximate surface area is 169 Å². The molecule has 3 nitrogen and oxygen atoms in total. The van der Waals surface area contributed by atoms with Crippen LogP contribution >= 0.6 is 11.3 Å². The van der Waals surface area contributed by atoms with E-state index in [2.05, 4.69) is 9.97 Å². The number of halogens is 1. The summed E-state index contributed by atoms with van der Waals surface area (Å²) in [7, 11) is 0. The molecule has 2 heterocycles. The van der Waals surface area contributed by atoms with Crippen molar-refractivity contribution in [2.24, 2.45) is 5.92 Å². The third-order valence-corrected chi connectivity index (χ3v) is 6.16. The van der Waals surface area contributed by atoms with Crippen molar-refractivity contribution in [3.8, 4) is 17.0 Å². The fraction of sp³-hybridized carbons (Fsp3) is 0.391. The molecule has 0 N–H and O–H groups in total. The second-order valence-electron chi connectivity index (χ2n) is 7.57. The van der Waals surface area contributed by atoms with Crippen molar-refractivity contribution in [1.82, 2.24) is 9.97 Å². The monoisotopic (exact) mass is 396 g/mol. The molecular weight excluding hydrogens is 371 g/mol. The van der Waals surface area contributed by atoms with E-state index in [-0.39, 0.29) is 5.82 Å².